The molecule has 2 nitrogen and oxygen atoms in total. The molecule has 0 aliphatic carbocycles. The Labute approximate surface area is 118 Å². The highest BCUT2D eigenvalue weighted by atomic mass is 35.5. The Morgan fingerprint density at radius 3 is 2.58 bits per heavy atom. The van der Waals surface area contributed by atoms with E-state index >= 15 is 0 Å². The average Bonchev–Trinajstić information content (AvgIpc) is 2.47. The number of hydrogen-bond donors (Lipinski definition) is 0. The van der Waals surface area contributed by atoms with Crippen molar-refractivity contribution < 1.29 is 9.53 Å². The number of Topliss-reactive ketones (excluding diaryl/α,β-unsaturated/α-hetero) is 1. The van der Waals surface area contributed by atoms with E-state index in [1.807, 2.05) is 42.5 Å². The van der Waals surface area contributed by atoms with Gasteiger partial charge in [0.15, 0.2) is 5.78 Å². The fourth-order valence-corrected chi connectivity index (χ4v) is 2.19. The van der Waals surface area contributed by atoms with Gasteiger partial charge in [-0.05, 0) is 24.1 Å². The van der Waals surface area contributed by atoms with Crippen LogP contribution in [0.15, 0.2) is 54.6 Å². The van der Waals surface area contributed by atoms with Gasteiger partial charge in [0, 0.05) is 5.56 Å². The first-order valence-corrected chi connectivity index (χ1v) is 6.50. The quantitative estimate of drug-likeness (QED) is 0.613. The van der Waals surface area contributed by atoms with Crippen LogP contribution in [-0.2, 0) is 6.42 Å². The van der Waals surface area contributed by atoms with Crippen LogP contribution in [0.1, 0.15) is 15.9 Å². The third-order valence-electron chi connectivity index (χ3n) is 2.89. The maximum absolute atomic E-state index is 12.1. The van der Waals surface area contributed by atoms with E-state index in [1.54, 1.807) is 19.2 Å². The van der Waals surface area contributed by atoms with Gasteiger partial charge in [-0.25, -0.2) is 0 Å². The number of alkyl halides is 1. The molecule has 3 heteroatoms. The van der Waals surface area contributed by atoms with Gasteiger partial charge in [-0.1, -0.05) is 42.5 Å². The predicted octanol–water partition coefficient (Wildman–Crippen LogP) is 3.73. The minimum atomic E-state index is -0.561. The van der Waals surface area contributed by atoms with Gasteiger partial charge in [0.1, 0.15) is 11.1 Å². The van der Waals surface area contributed by atoms with Crippen LogP contribution in [0.2, 0.25) is 0 Å². The van der Waals surface area contributed by atoms with Crippen LogP contribution in [0.5, 0.6) is 5.75 Å². The molecule has 0 saturated carbocycles. The molecular weight excluding hydrogens is 260 g/mol. The summed E-state index contributed by atoms with van der Waals surface area (Å²) in [5.74, 6) is 0.721. The van der Waals surface area contributed by atoms with Crippen LogP contribution < -0.4 is 4.74 Å². The van der Waals surface area contributed by atoms with E-state index in [0.717, 1.165) is 11.3 Å². The topological polar surface area (TPSA) is 26.3 Å². The van der Waals surface area contributed by atoms with E-state index < -0.39 is 5.38 Å². The summed E-state index contributed by atoms with van der Waals surface area (Å²) in [6, 6.07) is 16.7. The molecule has 0 heterocycles. The number of hydrogen-bond acceptors (Lipinski definition) is 2. The number of halogens is 1. The SMILES string of the molecule is COc1cccc(CC(Cl)C(=O)c2ccccc2)c1. The fourth-order valence-electron chi connectivity index (χ4n) is 1.88. The molecule has 0 aliphatic rings. The molecule has 19 heavy (non-hydrogen) atoms. The molecule has 2 rings (SSSR count). The highest BCUT2D eigenvalue weighted by Gasteiger charge is 2.17. The number of ether oxygens (including phenoxy) is 1. The molecule has 0 amide bonds. The van der Waals surface area contributed by atoms with E-state index in [4.69, 9.17) is 16.3 Å². The molecule has 0 spiro atoms. The summed E-state index contributed by atoms with van der Waals surface area (Å²) in [4.78, 5) is 12.1. The lowest BCUT2D eigenvalue weighted by atomic mass is 10.0. The number of methoxy groups -OCH3 is 1. The fraction of sp³-hybridized carbons (Fsp3) is 0.188. The Bertz CT molecular complexity index is 552. The number of carbonyl (C=O) groups excluding carboxylic acids is 1. The zero-order valence-electron chi connectivity index (χ0n) is 10.7. The van der Waals surface area contributed by atoms with Crippen molar-refractivity contribution in [3.63, 3.8) is 0 Å². The van der Waals surface area contributed by atoms with Crippen LogP contribution in [0.25, 0.3) is 0 Å². The highest BCUT2D eigenvalue weighted by molar-refractivity contribution is 6.34. The molecule has 2 aromatic rings. The minimum Gasteiger partial charge on any atom is -0.497 e. The van der Waals surface area contributed by atoms with Crippen LogP contribution in [0, 0.1) is 0 Å². The smallest absolute Gasteiger partial charge is 0.180 e. The van der Waals surface area contributed by atoms with E-state index in [-0.39, 0.29) is 5.78 Å². The molecule has 0 fully saturated rings. The molecule has 0 N–H and O–H groups in total. The van der Waals surface area contributed by atoms with Crippen molar-refractivity contribution in [2.24, 2.45) is 0 Å². The molecule has 0 saturated heterocycles. The largest absolute Gasteiger partial charge is 0.497 e. The number of ketones is 1. The summed E-state index contributed by atoms with van der Waals surface area (Å²) in [5.41, 5.74) is 1.63. The highest BCUT2D eigenvalue weighted by Crippen LogP contribution is 2.18. The summed E-state index contributed by atoms with van der Waals surface area (Å²) in [6.07, 6.45) is 0.493. The second kappa shape index (κ2) is 6.39. The van der Waals surface area contributed by atoms with Crippen molar-refractivity contribution in [1.82, 2.24) is 0 Å². The summed E-state index contributed by atoms with van der Waals surface area (Å²) in [6.45, 7) is 0. The summed E-state index contributed by atoms with van der Waals surface area (Å²) in [7, 11) is 1.62. The zero-order valence-corrected chi connectivity index (χ0v) is 11.4. The first-order chi connectivity index (χ1) is 9.20. The molecular formula is C16H15ClO2. The van der Waals surface area contributed by atoms with E-state index in [9.17, 15) is 4.79 Å². The Balaban J connectivity index is 2.08. The summed E-state index contributed by atoms with van der Waals surface area (Å²) < 4.78 is 5.15. The van der Waals surface area contributed by atoms with Crippen molar-refractivity contribution in [3.05, 3.63) is 65.7 Å². The van der Waals surface area contributed by atoms with Gasteiger partial charge >= 0.3 is 0 Å². The van der Waals surface area contributed by atoms with Crippen molar-refractivity contribution in [3.8, 4) is 5.75 Å². The lowest BCUT2D eigenvalue weighted by Gasteiger charge is -2.09. The van der Waals surface area contributed by atoms with Crippen molar-refractivity contribution in [2.75, 3.05) is 7.11 Å². The molecule has 98 valence electrons. The Hall–Kier alpha value is -1.80. The zero-order chi connectivity index (χ0) is 13.7. The summed E-state index contributed by atoms with van der Waals surface area (Å²) in [5, 5.41) is -0.561. The number of benzene rings is 2. The second-order valence-electron chi connectivity index (χ2n) is 4.25. The Kier molecular flexibility index (Phi) is 4.58. The van der Waals surface area contributed by atoms with E-state index in [0.29, 0.717) is 12.0 Å². The normalized spacial score (nSPS) is 11.9. The van der Waals surface area contributed by atoms with Crippen molar-refractivity contribution >= 4 is 17.4 Å². The van der Waals surface area contributed by atoms with Crippen molar-refractivity contribution in [1.29, 1.82) is 0 Å². The maximum Gasteiger partial charge on any atom is 0.180 e. The van der Waals surface area contributed by atoms with Gasteiger partial charge < -0.3 is 4.74 Å². The van der Waals surface area contributed by atoms with Crippen molar-refractivity contribution in [2.45, 2.75) is 11.8 Å². The van der Waals surface area contributed by atoms with Crippen LogP contribution in [0.3, 0.4) is 0 Å². The monoisotopic (exact) mass is 274 g/mol. The van der Waals surface area contributed by atoms with E-state index in [1.165, 1.54) is 0 Å². The molecule has 0 aliphatic heterocycles. The first kappa shape index (κ1) is 13.6. The summed E-state index contributed by atoms with van der Waals surface area (Å²) >= 11 is 6.21. The van der Waals surface area contributed by atoms with Gasteiger partial charge in [-0.2, -0.15) is 0 Å². The number of rotatable bonds is 5. The lowest BCUT2D eigenvalue weighted by Crippen LogP contribution is -2.17. The van der Waals surface area contributed by atoms with Gasteiger partial charge in [0.25, 0.3) is 0 Å². The second-order valence-corrected chi connectivity index (χ2v) is 4.78. The Morgan fingerprint density at radius 2 is 1.89 bits per heavy atom. The third kappa shape index (κ3) is 3.58. The van der Waals surface area contributed by atoms with Gasteiger partial charge in [-0.3, -0.25) is 4.79 Å². The van der Waals surface area contributed by atoms with Gasteiger partial charge in [-0.15, -0.1) is 11.6 Å². The molecule has 0 radical (unpaired) electrons. The minimum absolute atomic E-state index is 0.0508. The van der Waals surface area contributed by atoms with E-state index in [2.05, 4.69) is 0 Å². The molecule has 1 unspecified atom stereocenters. The predicted molar refractivity (Wildman–Crippen MR) is 77.1 cm³/mol. The van der Waals surface area contributed by atoms with Gasteiger partial charge in [0.2, 0.25) is 0 Å². The Morgan fingerprint density at radius 1 is 1.16 bits per heavy atom. The van der Waals surface area contributed by atoms with Crippen LogP contribution >= 0.6 is 11.6 Å². The third-order valence-corrected chi connectivity index (χ3v) is 3.24. The van der Waals surface area contributed by atoms with Crippen LogP contribution in [0.4, 0.5) is 0 Å². The average molecular weight is 275 g/mol. The van der Waals surface area contributed by atoms with Gasteiger partial charge in [0.05, 0.1) is 7.11 Å². The molecule has 1 atom stereocenters. The lowest BCUT2D eigenvalue weighted by molar-refractivity contribution is 0.0986. The maximum atomic E-state index is 12.1. The molecule has 0 aromatic heterocycles. The molecule has 2 aromatic carbocycles. The van der Waals surface area contributed by atoms with Crippen LogP contribution in [-0.4, -0.2) is 18.3 Å². The standard InChI is InChI=1S/C16H15ClO2/c1-19-14-9-5-6-12(10-14)11-15(17)16(18)13-7-3-2-4-8-13/h2-10,15H,11H2,1H3. The first-order valence-electron chi connectivity index (χ1n) is 6.07. The molecule has 0 bridgehead atoms. The number of carbonyl (C=O) groups is 1.